The van der Waals surface area contributed by atoms with Crippen molar-refractivity contribution in [3.8, 4) is 11.5 Å². The zero-order valence-electron chi connectivity index (χ0n) is 20.2. The third-order valence-corrected chi connectivity index (χ3v) is 7.15. The molecule has 2 aromatic carbocycles. The lowest BCUT2D eigenvalue weighted by molar-refractivity contribution is -0.136. The van der Waals surface area contributed by atoms with Crippen LogP contribution in [0.2, 0.25) is 0 Å². The van der Waals surface area contributed by atoms with Gasteiger partial charge >= 0.3 is 0 Å². The van der Waals surface area contributed by atoms with Crippen LogP contribution in [-0.2, 0) is 16.0 Å². The average Bonchev–Trinajstić information content (AvgIpc) is 3.50. The van der Waals surface area contributed by atoms with E-state index in [1.54, 1.807) is 14.2 Å². The number of rotatable bonds is 7. The number of hydrogen-bond acceptors (Lipinski definition) is 6. The highest BCUT2D eigenvalue weighted by atomic mass is 16.5. The number of fused-ring (bicyclic) bond motifs is 1. The van der Waals surface area contributed by atoms with Gasteiger partial charge < -0.3 is 23.7 Å². The fraction of sp³-hybridized carbons (Fsp3) is 0.444. The van der Waals surface area contributed by atoms with Gasteiger partial charge in [0.1, 0.15) is 5.52 Å². The highest BCUT2D eigenvalue weighted by molar-refractivity contribution is 5.89. The summed E-state index contributed by atoms with van der Waals surface area (Å²) in [6.45, 7) is 2.39. The first-order valence-corrected chi connectivity index (χ1v) is 12.2. The summed E-state index contributed by atoms with van der Waals surface area (Å²) in [4.78, 5) is 34.2. The van der Waals surface area contributed by atoms with Gasteiger partial charge in [-0.1, -0.05) is 18.2 Å². The Labute approximate surface area is 204 Å². The molecule has 8 nitrogen and oxygen atoms in total. The lowest BCUT2D eigenvalue weighted by atomic mass is 9.95. The predicted octanol–water partition coefficient (Wildman–Crippen LogP) is 3.64. The lowest BCUT2D eigenvalue weighted by Crippen LogP contribution is -2.42. The molecule has 2 saturated heterocycles. The minimum atomic E-state index is -0.270. The van der Waals surface area contributed by atoms with Crippen LogP contribution in [0.5, 0.6) is 11.5 Å². The first kappa shape index (κ1) is 23.2. The number of benzene rings is 2. The largest absolute Gasteiger partial charge is 0.493 e. The van der Waals surface area contributed by atoms with E-state index in [-0.39, 0.29) is 30.1 Å². The van der Waals surface area contributed by atoms with Crippen molar-refractivity contribution in [2.45, 2.75) is 31.6 Å². The van der Waals surface area contributed by atoms with Crippen molar-refractivity contribution in [3.63, 3.8) is 0 Å². The molecule has 1 unspecified atom stereocenters. The van der Waals surface area contributed by atoms with E-state index in [1.807, 2.05) is 52.3 Å². The van der Waals surface area contributed by atoms with Crippen LogP contribution in [0.15, 0.2) is 46.9 Å². The summed E-state index contributed by atoms with van der Waals surface area (Å²) in [6.07, 6.45) is 2.63. The maximum atomic E-state index is 13.2. The zero-order valence-corrected chi connectivity index (χ0v) is 20.2. The summed E-state index contributed by atoms with van der Waals surface area (Å²) in [5, 5.41) is 0. The van der Waals surface area contributed by atoms with Gasteiger partial charge in [0.2, 0.25) is 11.8 Å². The Balaban J connectivity index is 1.13. The molecule has 8 heteroatoms. The average molecular weight is 478 g/mol. The van der Waals surface area contributed by atoms with Crippen molar-refractivity contribution in [2.75, 3.05) is 40.4 Å². The number of hydrogen-bond donors (Lipinski definition) is 0. The molecular weight excluding hydrogens is 446 g/mol. The molecule has 35 heavy (non-hydrogen) atoms. The molecule has 3 heterocycles. The molecule has 0 N–H and O–H groups in total. The maximum absolute atomic E-state index is 13.2. The van der Waals surface area contributed by atoms with E-state index >= 15 is 0 Å². The summed E-state index contributed by atoms with van der Waals surface area (Å²) in [5.74, 6) is 2.19. The van der Waals surface area contributed by atoms with Crippen molar-refractivity contribution in [1.29, 1.82) is 0 Å². The number of carbonyl (C=O) groups is 2. The number of piperidine rings is 1. The molecule has 1 atom stereocenters. The highest BCUT2D eigenvalue weighted by Gasteiger charge is 2.37. The standard InChI is InChI=1S/C27H31N3O5/c1-33-23-8-7-18(15-24(23)34-2)9-12-30-17-20(16-25(30)31)27(32)29-13-10-19(11-14-29)26-28-21-5-3-4-6-22(21)35-26/h3-8,15,19-20H,9-14,16-17H2,1-2H3. The molecule has 0 aliphatic carbocycles. The number of para-hydroxylation sites is 2. The molecule has 5 rings (SSSR count). The second-order valence-electron chi connectivity index (χ2n) is 9.30. The second kappa shape index (κ2) is 9.98. The van der Waals surface area contributed by atoms with Gasteiger partial charge in [0.05, 0.1) is 20.1 Å². The van der Waals surface area contributed by atoms with Crippen molar-refractivity contribution in [3.05, 3.63) is 53.9 Å². The predicted molar refractivity (Wildman–Crippen MR) is 131 cm³/mol. The summed E-state index contributed by atoms with van der Waals surface area (Å²) in [6, 6.07) is 13.6. The first-order chi connectivity index (χ1) is 17.1. The minimum absolute atomic E-state index is 0.0465. The number of oxazole rings is 1. The van der Waals surface area contributed by atoms with E-state index in [0.29, 0.717) is 44.1 Å². The van der Waals surface area contributed by atoms with Crippen LogP contribution in [0, 0.1) is 5.92 Å². The smallest absolute Gasteiger partial charge is 0.227 e. The zero-order chi connectivity index (χ0) is 24.4. The molecule has 0 saturated carbocycles. The van der Waals surface area contributed by atoms with Gasteiger partial charge in [-0.05, 0) is 49.1 Å². The van der Waals surface area contributed by atoms with Crippen LogP contribution in [0.1, 0.15) is 36.6 Å². The van der Waals surface area contributed by atoms with Crippen LogP contribution in [0.4, 0.5) is 0 Å². The highest BCUT2D eigenvalue weighted by Crippen LogP contribution is 2.32. The second-order valence-corrected chi connectivity index (χ2v) is 9.30. The van der Waals surface area contributed by atoms with Crippen LogP contribution in [-0.4, -0.2) is 67.0 Å². The van der Waals surface area contributed by atoms with Crippen LogP contribution in [0.25, 0.3) is 11.1 Å². The number of nitrogens with zero attached hydrogens (tertiary/aromatic N) is 3. The van der Waals surface area contributed by atoms with Crippen LogP contribution < -0.4 is 9.47 Å². The maximum Gasteiger partial charge on any atom is 0.227 e. The Hall–Kier alpha value is -3.55. The van der Waals surface area contributed by atoms with Crippen molar-refractivity contribution >= 4 is 22.9 Å². The van der Waals surface area contributed by atoms with Gasteiger partial charge in [-0.2, -0.15) is 0 Å². The fourth-order valence-corrected chi connectivity index (χ4v) is 5.12. The Morgan fingerprint density at radius 3 is 2.60 bits per heavy atom. The molecule has 2 aliphatic rings. The minimum Gasteiger partial charge on any atom is -0.493 e. The Morgan fingerprint density at radius 2 is 1.86 bits per heavy atom. The number of carbonyl (C=O) groups excluding carboxylic acids is 2. The van der Waals surface area contributed by atoms with E-state index in [2.05, 4.69) is 4.98 Å². The van der Waals surface area contributed by atoms with Crippen LogP contribution in [0.3, 0.4) is 0 Å². The number of aromatic nitrogens is 1. The number of amides is 2. The molecule has 0 radical (unpaired) electrons. The van der Waals surface area contributed by atoms with E-state index in [0.717, 1.165) is 35.4 Å². The topological polar surface area (TPSA) is 85.1 Å². The molecule has 2 aliphatic heterocycles. The Morgan fingerprint density at radius 1 is 1.09 bits per heavy atom. The fourth-order valence-electron chi connectivity index (χ4n) is 5.12. The van der Waals surface area contributed by atoms with E-state index in [1.165, 1.54) is 0 Å². The van der Waals surface area contributed by atoms with Gasteiger partial charge in [-0.15, -0.1) is 0 Å². The van der Waals surface area contributed by atoms with Gasteiger partial charge in [-0.3, -0.25) is 9.59 Å². The Bertz CT molecular complexity index is 1180. The van der Waals surface area contributed by atoms with Gasteiger partial charge in [0.15, 0.2) is 23.0 Å². The van der Waals surface area contributed by atoms with Gasteiger partial charge in [0, 0.05) is 38.5 Å². The van der Waals surface area contributed by atoms with E-state index in [9.17, 15) is 9.59 Å². The monoisotopic (exact) mass is 477 g/mol. The molecule has 0 spiro atoms. The first-order valence-electron chi connectivity index (χ1n) is 12.2. The summed E-state index contributed by atoms with van der Waals surface area (Å²) in [5.41, 5.74) is 2.74. The molecule has 184 valence electrons. The Kier molecular flexibility index (Phi) is 6.61. The third-order valence-electron chi connectivity index (χ3n) is 7.15. The quantitative estimate of drug-likeness (QED) is 0.517. The summed E-state index contributed by atoms with van der Waals surface area (Å²) < 4.78 is 16.6. The number of ether oxygens (including phenoxy) is 2. The summed E-state index contributed by atoms with van der Waals surface area (Å²) in [7, 11) is 3.22. The molecule has 2 fully saturated rings. The molecular formula is C27H31N3O5. The molecule has 3 aromatic rings. The van der Waals surface area contributed by atoms with Crippen molar-refractivity contribution < 1.29 is 23.5 Å². The summed E-state index contributed by atoms with van der Waals surface area (Å²) >= 11 is 0. The third kappa shape index (κ3) is 4.83. The van der Waals surface area contributed by atoms with Crippen LogP contribution >= 0.6 is 0 Å². The number of methoxy groups -OCH3 is 2. The van der Waals surface area contributed by atoms with Crippen molar-refractivity contribution in [2.24, 2.45) is 5.92 Å². The molecule has 2 amide bonds. The van der Waals surface area contributed by atoms with E-state index in [4.69, 9.17) is 13.9 Å². The normalized spacial score (nSPS) is 18.9. The van der Waals surface area contributed by atoms with Gasteiger partial charge in [0.25, 0.3) is 0 Å². The molecule has 1 aromatic heterocycles. The van der Waals surface area contributed by atoms with Gasteiger partial charge in [-0.25, -0.2) is 4.98 Å². The van der Waals surface area contributed by atoms with Crippen molar-refractivity contribution in [1.82, 2.24) is 14.8 Å². The van der Waals surface area contributed by atoms with E-state index < -0.39 is 0 Å². The lowest BCUT2D eigenvalue weighted by Gasteiger charge is -2.32. The number of likely N-dealkylation sites (tertiary alicyclic amines) is 2. The SMILES string of the molecule is COc1ccc(CCN2CC(C(=O)N3CCC(c4nc5ccccc5o4)CC3)CC2=O)cc1OC. The molecule has 0 bridgehead atoms.